The van der Waals surface area contributed by atoms with Crippen LogP contribution in [0.1, 0.15) is 10.4 Å². The zero-order valence-corrected chi connectivity index (χ0v) is 9.99. The van der Waals surface area contributed by atoms with Crippen LogP contribution in [0.2, 0.25) is 0 Å². The molecule has 0 saturated heterocycles. The van der Waals surface area contributed by atoms with E-state index in [4.69, 9.17) is 16.4 Å². The maximum Gasteiger partial charge on any atom is 0.151 e. The molecule has 1 aromatic heterocycles. The molecule has 0 unspecified atom stereocenters. The van der Waals surface area contributed by atoms with Crippen LogP contribution in [-0.2, 0) is 5.75 Å². The predicted molar refractivity (Wildman–Crippen MR) is 69.7 cm³/mol. The molecule has 0 amide bonds. The number of amidine groups is 1. The standard InChI is InChI=1S/C11H9N3S2/c12-5-8-7-3-1-2-4-9(7)16-10(8)6-15-11(13)14/h1-4H,6H2,(H3,13,14). The summed E-state index contributed by atoms with van der Waals surface area (Å²) in [5, 5.41) is 17.4. The maximum absolute atomic E-state index is 9.13. The summed E-state index contributed by atoms with van der Waals surface area (Å²) in [5.41, 5.74) is 6.01. The zero-order chi connectivity index (χ0) is 11.5. The Hall–Kier alpha value is -1.51. The monoisotopic (exact) mass is 247 g/mol. The summed E-state index contributed by atoms with van der Waals surface area (Å²) in [4.78, 5) is 0.990. The van der Waals surface area contributed by atoms with E-state index in [-0.39, 0.29) is 5.17 Å². The van der Waals surface area contributed by atoms with Gasteiger partial charge in [-0.1, -0.05) is 30.0 Å². The molecule has 5 heteroatoms. The number of benzene rings is 1. The van der Waals surface area contributed by atoms with E-state index >= 15 is 0 Å². The van der Waals surface area contributed by atoms with Crippen LogP contribution in [0.5, 0.6) is 0 Å². The molecule has 2 aromatic rings. The lowest BCUT2D eigenvalue weighted by molar-refractivity contribution is 1.45. The minimum absolute atomic E-state index is 0.0846. The van der Waals surface area contributed by atoms with Crippen molar-refractivity contribution in [2.75, 3.05) is 0 Å². The van der Waals surface area contributed by atoms with Gasteiger partial charge in [0.2, 0.25) is 0 Å². The van der Waals surface area contributed by atoms with Gasteiger partial charge in [0, 0.05) is 20.7 Å². The number of nitrogens with zero attached hydrogens (tertiary/aromatic N) is 1. The number of nitriles is 1. The van der Waals surface area contributed by atoms with Crippen molar-refractivity contribution in [1.29, 1.82) is 10.7 Å². The zero-order valence-electron chi connectivity index (χ0n) is 8.36. The van der Waals surface area contributed by atoms with Crippen molar-refractivity contribution in [3.63, 3.8) is 0 Å². The first kappa shape index (κ1) is 11.0. The van der Waals surface area contributed by atoms with E-state index in [0.29, 0.717) is 11.3 Å². The number of thioether (sulfide) groups is 1. The highest BCUT2D eigenvalue weighted by molar-refractivity contribution is 8.13. The highest BCUT2D eigenvalue weighted by Crippen LogP contribution is 2.32. The van der Waals surface area contributed by atoms with Gasteiger partial charge in [0.25, 0.3) is 0 Å². The van der Waals surface area contributed by atoms with Gasteiger partial charge < -0.3 is 5.73 Å². The Morgan fingerprint density at radius 3 is 2.94 bits per heavy atom. The van der Waals surface area contributed by atoms with Gasteiger partial charge in [0.15, 0.2) is 5.17 Å². The van der Waals surface area contributed by atoms with Crippen molar-refractivity contribution in [2.24, 2.45) is 5.73 Å². The summed E-state index contributed by atoms with van der Waals surface area (Å²) in [7, 11) is 0. The molecule has 80 valence electrons. The average molecular weight is 247 g/mol. The number of fused-ring (bicyclic) bond motifs is 1. The second kappa shape index (κ2) is 4.56. The maximum atomic E-state index is 9.13. The summed E-state index contributed by atoms with van der Waals surface area (Å²) >= 11 is 2.84. The van der Waals surface area contributed by atoms with E-state index in [1.807, 2.05) is 24.3 Å². The van der Waals surface area contributed by atoms with Crippen molar-refractivity contribution in [1.82, 2.24) is 0 Å². The summed E-state index contributed by atoms with van der Waals surface area (Å²) < 4.78 is 1.11. The molecule has 2 rings (SSSR count). The Kier molecular flexibility index (Phi) is 3.13. The number of thiophene rings is 1. The molecule has 0 bridgehead atoms. The smallest absolute Gasteiger partial charge is 0.151 e. The minimum atomic E-state index is 0.0846. The third kappa shape index (κ3) is 2.03. The van der Waals surface area contributed by atoms with Crippen molar-refractivity contribution >= 4 is 38.4 Å². The Morgan fingerprint density at radius 1 is 1.50 bits per heavy atom. The topological polar surface area (TPSA) is 73.7 Å². The molecule has 0 radical (unpaired) electrons. The molecule has 0 spiro atoms. The molecule has 0 fully saturated rings. The summed E-state index contributed by atoms with van der Waals surface area (Å²) in [6.07, 6.45) is 0. The van der Waals surface area contributed by atoms with E-state index < -0.39 is 0 Å². The largest absolute Gasteiger partial charge is 0.379 e. The number of nitrogens with one attached hydrogen (secondary N) is 1. The Labute approximate surface area is 101 Å². The predicted octanol–water partition coefficient (Wildman–Crippen LogP) is 2.90. The average Bonchev–Trinajstić information content (AvgIpc) is 2.63. The highest BCUT2D eigenvalue weighted by Gasteiger charge is 2.11. The first-order valence-electron chi connectivity index (χ1n) is 4.59. The van der Waals surface area contributed by atoms with E-state index in [2.05, 4.69) is 6.07 Å². The third-order valence-corrected chi connectivity index (χ3v) is 4.24. The molecule has 3 N–H and O–H groups in total. The number of nitrogens with two attached hydrogens (primary N) is 1. The van der Waals surface area contributed by atoms with E-state index in [9.17, 15) is 0 Å². The number of hydrogen-bond donors (Lipinski definition) is 2. The van der Waals surface area contributed by atoms with Crippen molar-refractivity contribution in [3.8, 4) is 6.07 Å². The van der Waals surface area contributed by atoms with Crippen molar-refractivity contribution in [3.05, 3.63) is 34.7 Å². The second-order valence-electron chi connectivity index (χ2n) is 3.16. The van der Waals surface area contributed by atoms with Gasteiger partial charge >= 0.3 is 0 Å². The molecule has 0 aliphatic heterocycles. The van der Waals surface area contributed by atoms with Gasteiger partial charge in [-0.3, -0.25) is 5.41 Å². The lowest BCUT2D eigenvalue weighted by atomic mass is 10.1. The van der Waals surface area contributed by atoms with Crippen LogP contribution >= 0.6 is 23.1 Å². The fourth-order valence-electron chi connectivity index (χ4n) is 1.46. The molecule has 0 atom stereocenters. The molecular formula is C11H9N3S2. The molecule has 16 heavy (non-hydrogen) atoms. The summed E-state index contributed by atoms with van der Waals surface area (Å²) in [6, 6.07) is 10.1. The summed E-state index contributed by atoms with van der Waals surface area (Å²) in [5.74, 6) is 0.595. The first-order chi connectivity index (χ1) is 7.72. The SMILES string of the molecule is N#Cc1c(CSC(=N)N)sc2ccccc12. The van der Waals surface area contributed by atoms with Crippen LogP contribution in [0.3, 0.4) is 0 Å². The fraction of sp³-hybridized carbons (Fsp3) is 0.0909. The number of rotatable bonds is 2. The quantitative estimate of drug-likeness (QED) is 0.633. The van der Waals surface area contributed by atoms with Crippen molar-refractivity contribution in [2.45, 2.75) is 5.75 Å². The Morgan fingerprint density at radius 2 is 2.25 bits per heavy atom. The number of hydrogen-bond acceptors (Lipinski definition) is 4. The minimum Gasteiger partial charge on any atom is -0.379 e. The van der Waals surface area contributed by atoms with Gasteiger partial charge in [0.1, 0.15) is 6.07 Å². The van der Waals surface area contributed by atoms with E-state index in [1.54, 1.807) is 11.3 Å². The normalized spacial score (nSPS) is 10.2. The molecule has 0 saturated carbocycles. The lowest BCUT2D eigenvalue weighted by Gasteiger charge is -1.95. The Bertz CT molecular complexity index is 580. The van der Waals surface area contributed by atoms with Crippen LogP contribution in [0.4, 0.5) is 0 Å². The molecule has 0 aliphatic rings. The lowest BCUT2D eigenvalue weighted by Crippen LogP contribution is -2.03. The van der Waals surface area contributed by atoms with Gasteiger partial charge in [-0.05, 0) is 6.07 Å². The van der Waals surface area contributed by atoms with E-state index in [1.165, 1.54) is 11.8 Å². The second-order valence-corrected chi connectivity index (χ2v) is 5.32. The van der Waals surface area contributed by atoms with Gasteiger partial charge in [0.05, 0.1) is 5.56 Å². The van der Waals surface area contributed by atoms with Gasteiger partial charge in [-0.2, -0.15) is 5.26 Å². The molecule has 0 aliphatic carbocycles. The molecule has 1 aromatic carbocycles. The van der Waals surface area contributed by atoms with Crippen LogP contribution in [0.15, 0.2) is 24.3 Å². The summed E-state index contributed by atoms with van der Waals surface area (Å²) in [6.45, 7) is 0. The van der Waals surface area contributed by atoms with Crippen LogP contribution in [-0.4, -0.2) is 5.17 Å². The molecular weight excluding hydrogens is 238 g/mol. The first-order valence-corrected chi connectivity index (χ1v) is 6.40. The molecule has 1 heterocycles. The van der Waals surface area contributed by atoms with Crippen LogP contribution < -0.4 is 5.73 Å². The van der Waals surface area contributed by atoms with E-state index in [0.717, 1.165) is 15.0 Å². The Balaban J connectivity index is 2.45. The van der Waals surface area contributed by atoms with Crippen LogP contribution in [0.25, 0.3) is 10.1 Å². The van der Waals surface area contributed by atoms with Crippen LogP contribution in [0, 0.1) is 16.7 Å². The highest BCUT2D eigenvalue weighted by atomic mass is 32.2. The van der Waals surface area contributed by atoms with Gasteiger partial charge in [-0.25, -0.2) is 0 Å². The van der Waals surface area contributed by atoms with Crippen molar-refractivity contribution < 1.29 is 0 Å². The third-order valence-electron chi connectivity index (χ3n) is 2.14. The fourth-order valence-corrected chi connectivity index (χ4v) is 3.26. The van der Waals surface area contributed by atoms with Gasteiger partial charge in [-0.15, -0.1) is 11.3 Å². The molecule has 3 nitrogen and oxygen atoms in total.